The molecule has 1 N–H and O–H groups in total. The molecule has 0 bridgehead atoms. The smallest absolute Gasteiger partial charge is 0.257 e. The molecule has 1 heterocycles. The van der Waals surface area contributed by atoms with Crippen LogP contribution in [0.5, 0.6) is 0 Å². The van der Waals surface area contributed by atoms with E-state index in [1.807, 2.05) is 0 Å². The van der Waals surface area contributed by atoms with Crippen LogP contribution in [0, 0.1) is 5.82 Å². The first-order valence-corrected chi connectivity index (χ1v) is 6.38. The number of hydrogen-bond donors (Lipinski definition) is 1. The highest BCUT2D eigenvalue weighted by Gasteiger charge is 2.26. The monoisotopic (exact) mass is 317 g/mol. The number of carbonyl (C=O) groups is 1. The molecule has 1 fully saturated rings. The van der Waals surface area contributed by atoms with Gasteiger partial charge >= 0.3 is 0 Å². The van der Waals surface area contributed by atoms with Gasteiger partial charge in [0.1, 0.15) is 5.82 Å². The van der Waals surface area contributed by atoms with Gasteiger partial charge in [-0.15, -0.1) is 0 Å². The van der Waals surface area contributed by atoms with Gasteiger partial charge in [0.2, 0.25) is 0 Å². The number of rotatable bonds is 2. The Bertz CT molecular complexity index is 455. The average Bonchev–Trinajstić information content (AvgIpc) is 2.41. The lowest BCUT2D eigenvalue weighted by atomic mass is 10.1. The lowest BCUT2D eigenvalue weighted by Crippen LogP contribution is -2.47. The van der Waals surface area contributed by atoms with Gasteiger partial charge in [-0.2, -0.15) is 0 Å². The molecule has 0 aliphatic carbocycles. The van der Waals surface area contributed by atoms with Gasteiger partial charge in [-0.1, -0.05) is 6.07 Å². The van der Waals surface area contributed by atoms with E-state index in [-0.39, 0.29) is 29.1 Å². The van der Waals surface area contributed by atoms with Crippen LogP contribution in [0.25, 0.3) is 0 Å². The molecule has 0 spiro atoms. The number of nitrogens with zero attached hydrogens (tertiary/aromatic N) is 1. The fraction of sp³-hybridized carbons (Fsp3) is 0.417. The largest absolute Gasteiger partial charge is 0.394 e. The van der Waals surface area contributed by atoms with Crippen molar-refractivity contribution in [2.24, 2.45) is 0 Å². The van der Waals surface area contributed by atoms with Crippen molar-refractivity contribution in [1.82, 2.24) is 4.90 Å². The summed E-state index contributed by atoms with van der Waals surface area (Å²) in [7, 11) is 0. The first-order chi connectivity index (χ1) is 8.63. The minimum Gasteiger partial charge on any atom is -0.394 e. The van der Waals surface area contributed by atoms with Crippen LogP contribution in [0.15, 0.2) is 22.7 Å². The second-order valence-corrected chi connectivity index (χ2v) is 4.88. The summed E-state index contributed by atoms with van der Waals surface area (Å²) < 4.78 is 19.3. The van der Waals surface area contributed by atoms with E-state index in [4.69, 9.17) is 9.84 Å². The summed E-state index contributed by atoms with van der Waals surface area (Å²) in [4.78, 5) is 13.7. The van der Waals surface area contributed by atoms with Gasteiger partial charge in [0, 0.05) is 13.1 Å². The number of amides is 1. The molecule has 1 aromatic rings. The Morgan fingerprint density at radius 1 is 1.61 bits per heavy atom. The topological polar surface area (TPSA) is 49.8 Å². The summed E-state index contributed by atoms with van der Waals surface area (Å²) in [6, 6.07) is 4.61. The van der Waals surface area contributed by atoms with Crippen LogP contribution < -0.4 is 0 Å². The number of aliphatic hydroxyl groups excluding tert-OH is 1. The summed E-state index contributed by atoms with van der Waals surface area (Å²) in [5, 5.41) is 9.02. The number of hydrogen-bond acceptors (Lipinski definition) is 3. The van der Waals surface area contributed by atoms with Crippen LogP contribution in [0.1, 0.15) is 10.4 Å². The van der Waals surface area contributed by atoms with Gasteiger partial charge in [0.25, 0.3) is 5.91 Å². The molecule has 1 amide bonds. The minimum absolute atomic E-state index is 0.0305. The molecule has 4 nitrogen and oxygen atoms in total. The normalized spacial score (nSPS) is 19.9. The summed E-state index contributed by atoms with van der Waals surface area (Å²) in [6.45, 7) is 0.889. The molecule has 1 aromatic carbocycles. The van der Waals surface area contributed by atoms with Crippen molar-refractivity contribution >= 4 is 21.8 Å². The number of carbonyl (C=O) groups excluding carboxylic acids is 1. The fourth-order valence-corrected chi connectivity index (χ4v) is 2.22. The average molecular weight is 318 g/mol. The zero-order valence-electron chi connectivity index (χ0n) is 9.60. The number of benzene rings is 1. The highest BCUT2D eigenvalue weighted by molar-refractivity contribution is 9.10. The van der Waals surface area contributed by atoms with Gasteiger partial charge in [-0.25, -0.2) is 4.39 Å². The molecule has 98 valence electrons. The van der Waals surface area contributed by atoms with Gasteiger partial charge in [-0.3, -0.25) is 4.79 Å². The molecule has 1 aliphatic rings. The Morgan fingerprint density at radius 2 is 2.39 bits per heavy atom. The molecular formula is C12H13BrFNO3. The van der Waals surface area contributed by atoms with E-state index in [0.29, 0.717) is 13.2 Å². The van der Waals surface area contributed by atoms with Gasteiger partial charge in [-0.05, 0) is 28.1 Å². The molecule has 6 heteroatoms. The SMILES string of the molecule is O=C(c1cccc(Br)c1F)N1CCOC(CO)C1. The zero-order valence-corrected chi connectivity index (χ0v) is 11.2. The highest BCUT2D eigenvalue weighted by Crippen LogP contribution is 2.20. The standard InChI is InChI=1S/C12H13BrFNO3/c13-10-3-1-2-9(11(10)14)12(17)15-4-5-18-8(6-15)7-16/h1-3,8,16H,4-7H2. The summed E-state index contributed by atoms with van der Waals surface area (Å²) in [5.41, 5.74) is 0.0305. The van der Waals surface area contributed by atoms with E-state index < -0.39 is 11.9 Å². The summed E-state index contributed by atoms with van der Waals surface area (Å²) in [6.07, 6.45) is -0.391. The molecule has 0 saturated carbocycles. The predicted octanol–water partition coefficient (Wildman–Crippen LogP) is 1.42. The fourth-order valence-electron chi connectivity index (χ4n) is 1.85. The van der Waals surface area contributed by atoms with Crippen LogP contribution in [-0.4, -0.2) is 48.3 Å². The number of aliphatic hydroxyl groups is 1. The second-order valence-electron chi connectivity index (χ2n) is 4.03. The van der Waals surface area contributed by atoms with Crippen molar-refractivity contribution in [1.29, 1.82) is 0 Å². The lowest BCUT2D eigenvalue weighted by Gasteiger charge is -2.32. The van der Waals surface area contributed by atoms with E-state index in [9.17, 15) is 9.18 Å². The first-order valence-electron chi connectivity index (χ1n) is 5.59. The van der Waals surface area contributed by atoms with E-state index in [0.717, 1.165) is 0 Å². The lowest BCUT2D eigenvalue weighted by molar-refractivity contribution is -0.0448. The highest BCUT2D eigenvalue weighted by atomic mass is 79.9. The summed E-state index contributed by atoms with van der Waals surface area (Å²) >= 11 is 3.05. The molecule has 0 radical (unpaired) electrons. The Morgan fingerprint density at radius 3 is 3.11 bits per heavy atom. The predicted molar refractivity (Wildman–Crippen MR) is 66.8 cm³/mol. The molecule has 18 heavy (non-hydrogen) atoms. The zero-order chi connectivity index (χ0) is 13.1. The first kappa shape index (κ1) is 13.5. The molecule has 1 atom stereocenters. The van der Waals surface area contributed by atoms with Crippen LogP contribution in [0.3, 0.4) is 0 Å². The van der Waals surface area contributed by atoms with Crippen molar-refractivity contribution in [3.63, 3.8) is 0 Å². The maximum Gasteiger partial charge on any atom is 0.257 e. The Balaban J connectivity index is 2.18. The third-order valence-corrected chi connectivity index (χ3v) is 3.42. The quantitative estimate of drug-likeness (QED) is 0.897. The van der Waals surface area contributed by atoms with Crippen LogP contribution in [0.4, 0.5) is 4.39 Å². The molecule has 1 aliphatic heterocycles. The molecule has 2 rings (SSSR count). The number of morpholine rings is 1. The maximum atomic E-state index is 13.8. The second kappa shape index (κ2) is 5.77. The molecule has 1 saturated heterocycles. The van der Waals surface area contributed by atoms with E-state index in [1.165, 1.54) is 11.0 Å². The van der Waals surface area contributed by atoms with E-state index in [2.05, 4.69) is 15.9 Å². The minimum atomic E-state index is -0.561. The van der Waals surface area contributed by atoms with Crippen LogP contribution >= 0.6 is 15.9 Å². The number of halogens is 2. The Kier molecular flexibility index (Phi) is 4.31. The van der Waals surface area contributed by atoms with Crippen molar-refractivity contribution < 1.29 is 19.0 Å². The number of ether oxygens (including phenoxy) is 1. The molecule has 1 unspecified atom stereocenters. The molecule has 0 aromatic heterocycles. The van der Waals surface area contributed by atoms with Crippen LogP contribution in [-0.2, 0) is 4.74 Å². The third kappa shape index (κ3) is 2.71. The van der Waals surface area contributed by atoms with Crippen LogP contribution in [0.2, 0.25) is 0 Å². The van der Waals surface area contributed by atoms with E-state index >= 15 is 0 Å². The van der Waals surface area contributed by atoms with Crippen molar-refractivity contribution in [3.8, 4) is 0 Å². The van der Waals surface area contributed by atoms with Gasteiger partial charge in [0.15, 0.2) is 0 Å². The molecular weight excluding hydrogens is 305 g/mol. The maximum absolute atomic E-state index is 13.8. The van der Waals surface area contributed by atoms with E-state index in [1.54, 1.807) is 12.1 Å². The summed E-state index contributed by atoms with van der Waals surface area (Å²) in [5.74, 6) is -0.940. The van der Waals surface area contributed by atoms with Gasteiger partial charge in [0.05, 0.1) is 29.4 Å². The van der Waals surface area contributed by atoms with Gasteiger partial charge < -0.3 is 14.7 Å². The van der Waals surface area contributed by atoms with Crippen molar-refractivity contribution in [2.45, 2.75) is 6.10 Å². The van der Waals surface area contributed by atoms with Crippen molar-refractivity contribution in [2.75, 3.05) is 26.3 Å². The third-order valence-electron chi connectivity index (χ3n) is 2.81. The van der Waals surface area contributed by atoms with Crippen molar-refractivity contribution in [3.05, 3.63) is 34.1 Å². The Hall–Kier alpha value is -0.980. The Labute approximate surface area is 112 Å².